The van der Waals surface area contributed by atoms with E-state index in [1.165, 1.54) is 0 Å². The van der Waals surface area contributed by atoms with Crippen LogP contribution in [0.1, 0.15) is 41.9 Å². The number of benzene rings is 3. The van der Waals surface area contributed by atoms with Crippen LogP contribution in [0.25, 0.3) is 0 Å². The number of hydrogen-bond donors (Lipinski definition) is 1. The van der Waals surface area contributed by atoms with Gasteiger partial charge in [-0.15, -0.1) is 0 Å². The maximum atomic E-state index is 12.8. The first-order chi connectivity index (χ1) is 15.2. The molecule has 4 heteroatoms. The van der Waals surface area contributed by atoms with Crippen LogP contribution in [0.2, 0.25) is 0 Å². The Hall–Kier alpha value is -3.40. The quantitative estimate of drug-likeness (QED) is 0.593. The highest BCUT2D eigenvalue weighted by Gasteiger charge is 2.19. The zero-order chi connectivity index (χ0) is 21.5. The summed E-state index contributed by atoms with van der Waals surface area (Å²) in [7, 11) is 0. The van der Waals surface area contributed by atoms with Gasteiger partial charge >= 0.3 is 0 Å². The van der Waals surface area contributed by atoms with Crippen LogP contribution in [0, 0.1) is 0 Å². The number of nitrogens with zero attached hydrogens (tertiary/aromatic N) is 1. The summed E-state index contributed by atoms with van der Waals surface area (Å²) < 4.78 is 0. The molecular formula is C27H28N2O2. The highest BCUT2D eigenvalue weighted by atomic mass is 16.2. The van der Waals surface area contributed by atoms with Gasteiger partial charge in [0.1, 0.15) is 0 Å². The molecule has 1 heterocycles. The molecule has 3 aromatic carbocycles. The van der Waals surface area contributed by atoms with E-state index in [0.717, 1.165) is 48.3 Å². The van der Waals surface area contributed by atoms with Crippen molar-refractivity contribution in [3.63, 3.8) is 0 Å². The van der Waals surface area contributed by atoms with Crippen molar-refractivity contribution in [3.05, 3.63) is 102 Å². The molecule has 1 fully saturated rings. The van der Waals surface area contributed by atoms with Crippen molar-refractivity contribution in [2.45, 2.75) is 31.6 Å². The zero-order valence-corrected chi connectivity index (χ0v) is 17.7. The third-order valence-electron chi connectivity index (χ3n) is 5.85. The van der Waals surface area contributed by atoms with Crippen molar-refractivity contribution in [3.8, 4) is 0 Å². The minimum absolute atomic E-state index is 0.000226. The summed E-state index contributed by atoms with van der Waals surface area (Å²) >= 11 is 0. The van der Waals surface area contributed by atoms with Crippen molar-refractivity contribution in [1.82, 2.24) is 4.90 Å². The SMILES string of the molecule is O=C(CC(c1ccccc1)c1ccccc1)Nc1ccc(CC(=O)N2CCCC2)cc1. The van der Waals surface area contributed by atoms with Gasteiger partial charge in [-0.1, -0.05) is 72.8 Å². The lowest BCUT2D eigenvalue weighted by Crippen LogP contribution is -2.29. The normalized spacial score (nSPS) is 13.4. The summed E-state index contributed by atoms with van der Waals surface area (Å²) in [4.78, 5) is 27.1. The van der Waals surface area contributed by atoms with Gasteiger partial charge in [0.2, 0.25) is 11.8 Å². The van der Waals surface area contributed by atoms with Gasteiger partial charge in [0, 0.05) is 31.1 Å². The summed E-state index contributed by atoms with van der Waals surface area (Å²) in [5.74, 6) is 0.154. The Morgan fingerprint density at radius 2 is 1.32 bits per heavy atom. The van der Waals surface area contributed by atoms with Gasteiger partial charge in [-0.25, -0.2) is 0 Å². The Morgan fingerprint density at radius 1 is 0.774 bits per heavy atom. The molecule has 1 aliphatic rings. The fraction of sp³-hybridized carbons (Fsp3) is 0.259. The van der Waals surface area contributed by atoms with E-state index in [-0.39, 0.29) is 17.7 Å². The van der Waals surface area contributed by atoms with Crippen LogP contribution in [0.4, 0.5) is 5.69 Å². The first-order valence-corrected chi connectivity index (χ1v) is 11.0. The van der Waals surface area contributed by atoms with Crippen LogP contribution in [-0.2, 0) is 16.0 Å². The van der Waals surface area contributed by atoms with Crippen molar-refractivity contribution >= 4 is 17.5 Å². The lowest BCUT2D eigenvalue weighted by molar-refractivity contribution is -0.129. The molecule has 0 spiro atoms. The van der Waals surface area contributed by atoms with Crippen LogP contribution < -0.4 is 5.32 Å². The van der Waals surface area contributed by atoms with Gasteiger partial charge in [0.15, 0.2) is 0 Å². The van der Waals surface area contributed by atoms with E-state index < -0.39 is 0 Å². The average molecular weight is 413 g/mol. The number of likely N-dealkylation sites (tertiary alicyclic amines) is 1. The fourth-order valence-corrected chi connectivity index (χ4v) is 4.16. The monoisotopic (exact) mass is 412 g/mol. The molecule has 4 nitrogen and oxygen atoms in total. The third-order valence-corrected chi connectivity index (χ3v) is 5.85. The molecule has 0 atom stereocenters. The minimum atomic E-state index is -0.0291. The Morgan fingerprint density at radius 3 is 1.87 bits per heavy atom. The molecule has 1 saturated heterocycles. The molecule has 0 saturated carbocycles. The Bertz CT molecular complexity index is 955. The van der Waals surface area contributed by atoms with Crippen molar-refractivity contribution in [2.24, 2.45) is 0 Å². The van der Waals surface area contributed by atoms with Gasteiger partial charge in [-0.3, -0.25) is 9.59 Å². The molecule has 31 heavy (non-hydrogen) atoms. The molecule has 2 amide bonds. The molecule has 0 radical (unpaired) electrons. The Kier molecular flexibility index (Phi) is 6.78. The van der Waals surface area contributed by atoms with E-state index in [0.29, 0.717) is 12.8 Å². The molecule has 1 N–H and O–H groups in total. The van der Waals surface area contributed by atoms with E-state index in [2.05, 4.69) is 29.6 Å². The van der Waals surface area contributed by atoms with Crippen molar-refractivity contribution in [1.29, 1.82) is 0 Å². The zero-order valence-electron chi connectivity index (χ0n) is 17.7. The number of carbonyl (C=O) groups excluding carboxylic acids is 2. The first-order valence-electron chi connectivity index (χ1n) is 11.0. The molecule has 0 aromatic heterocycles. The maximum Gasteiger partial charge on any atom is 0.226 e. The lowest BCUT2D eigenvalue weighted by Gasteiger charge is -2.18. The van der Waals surface area contributed by atoms with Crippen LogP contribution in [0.15, 0.2) is 84.9 Å². The second-order valence-electron chi connectivity index (χ2n) is 8.09. The molecule has 1 aliphatic heterocycles. The number of anilines is 1. The molecule has 4 rings (SSSR count). The lowest BCUT2D eigenvalue weighted by atomic mass is 9.88. The summed E-state index contributed by atoms with van der Waals surface area (Å²) in [6.07, 6.45) is 2.98. The van der Waals surface area contributed by atoms with Gasteiger partial charge in [0.25, 0.3) is 0 Å². The molecule has 0 bridgehead atoms. The van der Waals surface area contributed by atoms with Gasteiger partial charge < -0.3 is 10.2 Å². The largest absolute Gasteiger partial charge is 0.342 e. The summed E-state index contributed by atoms with van der Waals surface area (Å²) in [6.45, 7) is 1.74. The highest BCUT2D eigenvalue weighted by molar-refractivity contribution is 5.91. The predicted octanol–water partition coefficient (Wildman–Crippen LogP) is 5.01. The van der Waals surface area contributed by atoms with Gasteiger partial charge in [-0.2, -0.15) is 0 Å². The van der Waals surface area contributed by atoms with Gasteiger partial charge in [0.05, 0.1) is 6.42 Å². The number of rotatable bonds is 7. The van der Waals surface area contributed by atoms with E-state index in [9.17, 15) is 9.59 Å². The molecule has 3 aromatic rings. The second kappa shape index (κ2) is 10.1. The number of hydrogen-bond acceptors (Lipinski definition) is 2. The average Bonchev–Trinajstić information content (AvgIpc) is 3.35. The van der Waals surface area contributed by atoms with Crippen LogP contribution in [-0.4, -0.2) is 29.8 Å². The number of amides is 2. The predicted molar refractivity (Wildman–Crippen MR) is 124 cm³/mol. The maximum absolute atomic E-state index is 12.8. The first kappa shape index (κ1) is 20.9. The Labute approximate surface area is 183 Å². The standard InChI is InChI=1S/C27H28N2O2/c30-26(20-25(22-9-3-1-4-10-22)23-11-5-2-6-12-23)28-24-15-13-21(14-16-24)19-27(31)29-17-7-8-18-29/h1-6,9-16,25H,7-8,17-20H2,(H,28,30). The van der Waals surface area contributed by atoms with E-state index in [4.69, 9.17) is 0 Å². The molecule has 158 valence electrons. The van der Waals surface area contributed by atoms with Gasteiger partial charge in [-0.05, 0) is 41.7 Å². The Balaban J connectivity index is 1.39. The summed E-state index contributed by atoms with van der Waals surface area (Å²) in [5, 5.41) is 3.01. The van der Waals surface area contributed by atoms with Crippen LogP contribution in [0.5, 0.6) is 0 Å². The molecule has 0 unspecified atom stereocenters. The smallest absolute Gasteiger partial charge is 0.226 e. The summed E-state index contributed by atoms with van der Waals surface area (Å²) in [5.41, 5.74) is 3.97. The topological polar surface area (TPSA) is 49.4 Å². The fourth-order valence-electron chi connectivity index (χ4n) is 4.16. The van der Waals surface area contributed by atoms with E-state index in [1.54, 1.807) is 0 Å². The minimum Gasteiger partial charge on any atom is -0.342 e. The van der Waals surface area contributed by atoms with Crippen molar-refractivity contribution in [2.75, 3.05) is 18.4 Å². The van der Waals surface area contributed by atoms with Crippen molar-refractivity contribution < 1.29 is 9.59 Å². The van der Waals surface area contributed by atoms with E-state index >= 15 is 0 Å². The summed E-state index contributed by atoms with van der Waals surface area (Å²) in [6, 6.07) is 27.9. The molecule has 0 aliphatic carbocycles. The second-order valence-corrected chi connectivity index (χ2v) is 8.09. The molecular weight excluding hydrogens is 384 g/mol. The third kappa shape index (κ3) is 5.60. The van der Waals surface area contributed by atoms with Crippen LogP contribution >= 0.6 is 0 Å². The highest BCUT2D eigenvalue weighted by Crippen LogP contribution is 2.28. The number of carbonyl (C=O) groups is 2. The van der Waals surface area contributed by atoms with E-state index in [1.807, 2.05) is 65.6 Å². The van der Waals surface area contributed by atoms with Crippen LogP contribution in [0.3, 0.4) is 0 Å². The number of nitrogens with one attached hydrogen (secondary N) is 1.